The molecule has 0 saturated heterocycles. The van der Waals surface area contributed by atoms with Crippen LogP contribution in [-0.2, 0) is 6.54 Å². The molecule has 1 atom stereocenters. The van der Waals surface area contributed by atoms with Crippen LogP contribution >= 0.6 is 12.2 Å². The molecule has 0 amide bonds. The first-order chi connectivity index (χ1) is 10.1. The molecule has 0 aliphatic rings. The standard InChI is InChI=1S/C17H19FN2S/c1-13(15-6-4-3-5-7-15)20(2)17(21)19-12-14-8-10-16(18)11-9-14/h3-11,13H,12H2,1-2H3,(H,19,21)/t13-/m1/s1. The van der Waals surface area contributed by atoms with Gasteiger partial charge in [0.25, 0.3) is 0 Å². The summed E-state index contributed by atoms with van der Waals surface area (Å²) >= 11 is 5.42. The van der Waals surface area contributed by atoms with E-state index >= 15 is 0 Å². The molecule has 2 rings (SSSR count). The van der Waals surface area contributed by atoms with E-state index in [0.29, 0.717) is 11.7 Å². The molecule has 0 aliphatic carbocycles. The zero-order chi connectivity index (χ0) is 15.2. The van der Waals surface area contributed by atoms with Crippen LogP contribution in [-0.4, -0.2) is 17.1 Å². The van der Waals surface area contributed by atoms with Gasteiger partial charge >= 0.3 is 0 Å². The zero-order valence-electron chi connectivity index (χ0n) is 12.2. The van der Waals surface area contributed by atoms with Crippen molar-refractivity contribution in [3.8, 4) is 0 Å². The first-order valence-corrected chi connectivity index (χ1v) is 7.29. The SMILES string of the molecule is C[C@H](c1ccccc1)N(C)C(=S)NCc1ccc(F)cc1. The van der Waals surface area contributed by atoms with Crippen LogP contribution in [0.2, 0.25) is 0 Å². The molecule has 2 aromatic rings. The van der Waals surface area contributed by atoms with Crippen molar-refractivity contribution in [2.75, 3.05) is 7.05 Å². The van der Waals surface area contributed by atoms with Crippen molar-refractivity contribution in [2.45, 2.75) is 19.5 Å². The normalized spacial score (nSPS) is 11.8. The largest absolute Gasteiger partial charge is 0.358 e. The van der Waals surface area contributed by atoms with Crippen molar-refractivity contribution < 1.29 is 4.39 Å². The van der Waals surface area contributed by atoms with E-state index in [1.54, 1.807) is 12.1 Å². The molecule has 0 saturated carbocycles. The Labute approximate surface area is 130 Å². The summed E-state index contributed by atoms with van der Waals surface area (Å²) in [5, 5.41) is 3.88. The van der Waals surface area contributed by atoms with Crippen molar-refractivity contribution >= 4 is 17.3 Å². The molecule has 0 fully saturated rings. The molecule has 1 N–H and O–H groups in total. The second-order valence-corrected chi connectivity index (χ2v) is 5.37. The van der Waals surface area contributed by atoms with Crippen LogP contribution in [0.15, 0.2) is 54.6 Å². The fourth-order valence-corrected chi connectivity index (χ4v) is 2.27. The fourth-order valence-electron chi connectivity index (χ4n) is 2.04. The summed E-state index contributed by atoms with van der Waals surface area (Å²) < 4.78 is 12.9. The highest BCUT2D eigenvalue weighted by atomic mass is 32.1. The number of nitrogens with zero attached hydrogens (tertiary/aromatic N) is 1. The lowest BCUT2D eigenvalue weighted by Gasteiger charge is -2.28. The van der Waals surface area contributed by atoms with E-state index in [2.05, 4.69) is 24.4 Å². The summed E-state index contributed by atoms with van der Waals surface area (Å²) in [6.45, 7) is 2.70. The van der Waals surface area contributed by atoms with Crippen molar-refractivity contribution in [2.24, 2.45) is 0 Å². The highest BCUT2D eigenvalue weighted by Crippen LogP contribution is 2.18. The summed E-state index contributed by atoms with van der Waals surface area (Å²) in [4.78, 5) is 2.02. The summed E-state index contributed by atoms with van der Waals surface area (Å²) in [5.74, 6) is -0.226. The van der Waals surface area contributed by atoms with Crippen molar-refractivity contribution in [3.63, 3.8) is 0 Å². The summed E-state index contributed by atoms with van der Waals surface area (Å²) in [6.07, 6.45) is 0. The van der Waals surface area contributed by atoms with Gasteiger partial charge in [-0.15, -0.1) is 0 Å². The number of halogens is 1. The van der Waals surface area contributed by atoms with Gasteiger partial charge in [0, 0.05) is 13.6 Å². The molecule has 0 unspecified atom stereocenters. The number of hydrogen-bond acceptors (Lipinski definition) is 1. The molecule has 2 aromatic carbocycles. The lowest BCUT2D eigenvalue weighted by molar-refractivity contribution is 0.395. The second kappa shape index (κ2) is 7.18. The molecule has 110 valence electrons. The molecule has 0 aromatic heterocycles. The average Bonchev–Trinajstić information content (AvgIpc) is 2.53. The Kier molecular flexibility index (Phi) is 5.28. The molecular weight excluding hydrogens is 283 g/mol. The minimum Gasteiger partial charge on any atom is -0.358 e. The lowest BCUT2D eigenvalue weighted by Crippen LogP contribution is -2.38. The molecule has 0 aliphatic heterocycles. The molecule has 0 heterocycles. The zero-order valence-corrected chi connectivity index (χ0v) is 13.0. The van der Waals surface area contributed by atoms with Crippen LogP contribution in [0.3, 0.4) is 0 Å². The first-order valence-electron chi connectivity index (χ1n) is 6.88. The fraction of sp³-hybridized carbons (Fsp3) is 0.235. The Morgan fingerprint density at radius 2 is 1.76 bits per heavy atom. The van der Waals surface area contributed by atoms with E-state index in [4.69, 9.17) is 12.2 Å². The third-order valence-electron chi connectivity index (χ3n) is 3.54. The summed E-state index contributed by atoms with van der Waals surface area (Å²) in [6, 6.07) is 16.8. The molecular formula is C17H19FN2S. The van der Waals surface area contributed by atoms with Crippen LogP contribution in [0.4, 0.5) is 4.39 Å². The van der Waals surface area contributed by atoms with Gasteiger partial charge in [0.1, 0.15) is 5.82 Å². The van der Waals surface area contributed by atoms with E-state index < -0.39 is 0 Å². The van der Waals surface area contributed by atoms with Crippen molar-refractivity contribution in [3.05, 3.63) is 71.5 Å². The van der Waals surface area contributed by atoms with Gasteiger partial charge in [-0.2, -0.15) is 0 Å². The molecule has 0 bridgehead atoms. The third-order valence-corrected chi connectivity index (χ3v) is 3.97. The number of hydrogen-bond donors (Lipinski definition) is 1. The topological polar surface area (TPSA) is 15.3 Å². The lowest BCUT2D eigenvalue weighted by atomic mass is 10.1. The number of rotatable bonds is 4. The number of benzene rings is 2. The minimum atomic E-state index is -0.226. The number of nitrogens with one attached hydrogen (secondary N) is 1. The van der Waals surface area contributed by atoms with Gasteiger partial charge in [0.15, 0.2) is 5.11 Å². The van der Waals surface area contributed by atoms with Crippen molar-refractivity contribution in [1.29, 1.82) is 0 Å². The minimum absolute atomic E-state index is 0.194. The average molecular weight is 302 g/mol. The van der Waals surface area contributed by atoms with Gasteiger partial charge in [0.2, 0.25) is 0 Å². The van der Waals surface area contributed by atoms with Gasteiger partial charge in [-0.1, -0.05) is 42.5 Å². The monoisotopic (exact) mass is 302 g/mol. The Bertz CT molecular complexity index is 583. The van der Waals surface area contributed by atoms with Crippen LogP contribution in [0.5, 0.6) is 0 Å². The van der Waals surface area contributed by atoms with Gasteiger partial charge in [-0.3, -0.25) is 0 Å². The van der Waals surface area contributed by atoms with Gasteiger partial charge in [-0.25, -0.2) is 4.39 Å². The Balaban J connectivity index is 1.92. The van der Waals surface area contributed by atoms with Crippen molar-refractivity contribution in [1.82, 2.24) is 10.2 Å². The highest BCUT2D eigenvalue weighted by Gasteiger charge is 2.13. The Morgan fingerprint density at radius 3 is 2.38 bits per heavy atom. The molecule has 4 heteroatoms. The van der Waals surface area contributed by atoms with Gasteiger partial charge in [-0.05, 0) is 42.4 Å². The third kappa shape index (κ3) is 4.26. The maximum atomic E-state index is 12.9. The molecule has 0 spiro atoms. The maximum absolute atomic E-state index is 12.9. The van der Waals surface area contributed by atoms with Crippen LogP contribution in [0, 0.1) is 5.82 Å². The van der Waals surface area contributed by atoms with Crippen LogP contribution < -0.4 is 5.32 Å². The number of thiocarbonyl (C=S) groups is 1. The van der Waals surface area contributed by atoms with E-state index in [0.717, 1.165) is 5.56 Å². The van der Waals surface area contributed by atoms with Gasteiger partial charge < -0.3 is 10.2 Å². The predicted octanol–water partition coefficient (Wildman–Crippen LogP) is 3.89. The van der Waals surface area contributed by atoms with Crippen LogP contribution in [0.25, 0.3) is 0 Å². The quantitative estimate of drug-likeness (QED) is 0.863. The summed E-state index contributed by atoms with van der Waals surface area (Å²) in [7, 11) is 1.97. The maximum Gasteiger partial charge on any atom is 0.169 e. The van der Waals surface area contributed by atoms with Gasteiger partial charge in [0.05, 0.1) is 6.04 Å². The predicted molar refractivity (Wildman–Crippen MR) is 88.5 cm³/mol. The van der Waals surface area contributed by atoms with Crippen LogP contribution in [0.1, 0.15) is 24.1 Å². The van der Waals surface area contributed by atoms with E-state index in [9.17, 15) is 4.39 Å². The molecule has 2 nitrogen and oxygen atoms in total. The second-order valence-electron chi connectivity index (χ2n) is 4.98. The Hall–Kier alpha value is -1.94. The highest BCUT2D eigenvalue weighted by molar-refractivity contribution is 7.80. The first kappa shape index (κ1) is 15.4. The molecule has 0 radical (unpaired) electrons. The smallest absolute Gasteiger partial charge is 0.169 e. The van der Waals surface area contributed by atoms with E-state index in [1.807, 2.05) is 30.1 Å². The van der Waals surface area contributed by atoms with E-state index in [1.165, 1.54) is 17.7 Å². The molecule has 21 heavy (non-hydrogen) atoms. The summed E-state index contributed by atoms with van der Waals surface area (Å²) in [5.41, 5.74) is 2.21. The van der Waals surface area contributed by atoms with E-state index in [-0.39, 0.29) is 11.9 Å². The Morgan fingerprint density at radius 1 is 1.14 bits per heavy atom.